The van der Waals surface area contributed by atoms with Gasteiger partial charge in [-0.05, 0) is 17.9 Å². The zero-order valence-electron chi connectivity index (χ0n) is 10.1. The minimum Gasteiger partial charge on any atom is -0.464 e. The Kier molecular flexibility index (Phi) is 3.70. The first kappa shape index (κ1) is 12.7. The summed E-state index contributed by atoms with van der Waals surface area (Å²) in [6.45, 7) is 4.00. The predicted octanol–water partition coefficient (Wildman–Crippen LogP) is 0.768. The van der Waals surface area contributed by atoms with E-state index in [0.29, 0.717) is 12.1 Å². The second-order valence-electron chi connectivity index (χ2n) is 4.64. The number of aromatic nitrogens is 2. The lowest BCUT2D eigenvalue weighted by atomic mass is 9.89. The number of hydrogen-bond acceptors (Lipinski definition) is 4. The van der Waals surface area contributed by atoms with Crippen LogP contribution in [-0.2, 0) is 18.2 Å². The fourth-order valence-electron chi connectivity index (χ4n) is 1.42. The van der Waals surface area contributed by atoms with Gasteiger partial charge in [0, 0.05) is 19.3 Å². The van der Waals surface area contributed by atoms with E-state index in [1.54, 1.807) is 17.8 Å². The van der Waals surface area contributed by atoms with E-state index in [1.807, 2.05) is 13.8 Å². The topological polar surface area (TPSA) is 64.3 Å². The third-order valence-corrected chi connectivity index (χ3v) is 2.46. The highest BCUT2D eigenvalue weighted by Crippen LogP contribution is 2.21. The molecule has 0 amide bonds. The number of aliphatic hydroxyl groups excluding tert-OH is 1. The number of rotatable bonds is 4. The summed E-state index contributed by atoms with van der Waals surface area (Å²) in [6.07, 6.45) is 0.657. The van der Waals surface area contributed by atoms with Crippen molar-refractivity contribution >= 4 is 5.97 Å². The molecule has 1 aromatic rings. The average Bonchev–Trinajstić information content (AvgIpc) is 2.58. The first-order valence-corrected chi connectivity index (χ1v) is 5.12. The molecule has 0 radical (unpaired) electrons. The Morgan fingerprint density at radius 3 is 2.75 bits per heavy atom. The van der Waals surface area contributed by atoms with Gasteiger partial charge in [-0.1, -0.05) is 13.8 Å². The van der Waals surface area contributed by atoms with Crippen LogP contribution in [0.5, 0.6) is 0 Å². The van der Waals surface area contributed by atoms with Gasteiger partial charge in [0.15, 0.2) is 5.69 Å². The minimum atomic E-state index is -0.441. The summed E-state index contributed by atoms with van der Waals surface area (Å²) >= 11 is 0. The van der Waals surface area contributed by atoms with Crippen LogP contribution in [0.3, 0.4) is 0 Å². The maximum absolute atomic E-state index is 11.3. The van der Waals surface area contributed by atoms with Crippen molar-refractivity contribution < 1.29 is 14.6 Å². The zero-order chi connectivity index (χ0) is 12.3. The van der Waals surface area contributed by atoms with E-state index >= 15 is 0 Å². The number of esters is 1. The summed E-state index contributed by atoms with van der Waals surface area (Å²) in [6, 6.07) is 1.70. The van der Waals surface area contributed by atoms with Gasteiger partial charge in [-0.15, -0.1) is 0 Å². The Balaban J connectivity index is 2.90. The molecule has 0 fully saturated rings. The van der Waals surface area contributed by atoms with Gasteiger partial charge in [0.1, 0.15) is 0 Å². The Bertz CT molecular complexity index is 383. The molecule has 0 aliphatic carbocycles. The summed E-state index contributed by atoms with van der Waals surface area (Å²) in [5.74, 6) is -0.441. The first-order valence-electron chi connectivity index (χ1n) is 5.12. The summed E-state index contributed by atoms with van der Waals surface area (Å²) in [7, 11) is 3.10. The molecule has 1 rings (SSSR count). The quantitative estimate of drug-likeness (QED) is 0.770. The zero-order valence-corrected chi connectivity index (χ0v) is 10.1. The van der Waals surface area contributed by atoms with E-state index in [0.717, 1.165) is 5.69 Å². The van der Waals surface area contributed by atoms with E-state index in [2.05, 4.69) is 9.84 Å². The van der Waals surface area contributed by atoms with Crippen LogP contribution in [0.25, 0.3) is 0 Å². The van der Waals surface area contributed by atoms with Crippen LogP contribution < -0.4 is 0 Å². The molecule has 0 unspecified atom stereocenters. The highest BCUT2D eigenvalue weighted by Gasteiger charge is 2.21. The van der Waals surface area contributed by atoms with E-state index in [4.69, 9.17) is 0 Å². The molecule has 0 spiro atoms. The van der Waals surface area contributed by atoms with Crippen molar-refractivity contribution in [2.24, 2.45) is 12.5 Å². The maximum Gasteiger partial charge on any atom is 0.358 e. The summed E-state index contributed by atoms with van der Waals surface area (Å²) in [4.78, 5) is 11.3. The molecule has 0 atom stereocenters. The van der Waals surface area contributed by atoms with Gasteiger partial charge in [-0.2, -0.15) is 5.10 Å². The van der Waals surface area contributed by atoms with Crippen molar-refractivity contribution in [3.8, 4) is 0 Å². The second-order valence-corrected chi connectivity index (χ2v) is 4.64. The number of aliphatic hydroxyl groups is 1. The van der Waals surface area contributed by atoms with Gasteiger partial charge in [-0.25, -0.2) is 4.79 Å². The Labute approximate surface area is 95.0 Å². The molecule has 0 aliphatic heterocycles. The number of hydrogen-bond donors (Lipinski definition) is 1. The number of aryl methyl sites for hydroxylation is 1. The Hall–Kier alpha value is -1.36. The molecule has 5 heteroatoms. The van der Waals surface area contributed by atoms with Gasteiger partial charge in [0.25, 0.3) is 0 Å². The minimum absolute atomic E-state index is 0.0890. The lowest BCUT2D eigenvalue weighted by molar-refractivity contribution is 0.0593. The third kappa shape index (κ3) is 2.82. The van der Waals surface area contributed by atoms with Crippen LogP contribution in [0.4, 0.5) is 0 Å². The van der Waals surface area contributed by atoms with Crippen molar-refractivity contribution in [3.05, 3.63) is 17.5 Å². The molecule has 16 heavy (non-hydrogen) atoms. The molecule has 1 heterocycles. The molecule has 5 nitrogen and oxygen atoms in total. The lowest BCUT2D eigenvalue weighted by Crippen LogP contribution is -2.21. The maximum atomic E-state index is 11.3. The normalized spacial score (nSPS) is 11.6. The predicted molar refractivity (Wildman–Crippen MR) is 59.1 cm³/mol. The van der Waals surface area contributed by atoms with Gasteiger partial charge < -0.3 is 9.84 Å². The second kappa shape index (κ2) is 4.65. The molecule has 90 valence electrons. The number of ether oxygens (including phenoxy) is 1. The van der Waals surface area contributed by atoms with Crippen LogP contribution in [0.15, 0.2) is 6.07 Å². The standard InChI is InChI=1S/C11H18N2O3/c1-11(2,7-14)6-8-5-9(10(15)16-4)12-13(8)3/h5,14H,6-7H2,1-4H3. The van der Waals surface area contributed by atoms with Crippen LogP contribution in [-0.4, -0.2) is 34.6 Å². The summed E-state index contributed by atoms with van der Waals surface area (Å²) in [5, 5.41) is 13.2. The molecule has 0 bridgehead atoms. The SMILES string of the molecule is COC(=O)c1cc(CC(C)(C)CO)n(C)n1. The van der Waals surface area contributed by atoms with Crippen LogP contribution >= 0.6 is 0 Å². The molecule has 0 saturated carbocycles. The summed E-state index contributed by atoms with van der Waals surface area (Å²) < 4.78 is 6.24. The van der Waals surface area contributed by atoms with E-state index in [-0.39, 0.29) is 12.0 Å². The Morgan fingerprint density at radius 1 is 1.62 bits per heavy atom. The van der Waals surface area contributed by atoms with Crippen LogP contribution in [0.1, 0.15) is 30.0 Å². The molecular weight excluding hydrogens is 208 g/mol. The summed E-state index contributed by atoms with van der Waals surface area (Å²) in [5.41, 5.74) is 0.981. The molecule has 1 aromatic heterocycles. The van der Waals surface area contributed by atoms with Crippen LogP contribution in [0.2, 0.25) is 0 Å². The Morgan fingerprint density at radius 2 is 2.25 bits per heavy atom. The van der Waals surface area contributed by atoms with Crippen molar-refractivity contribution in [2.45, 2.75) is 20.3 Å². The number of carbonyl (C=O) groups is 1. The van der Waals surface area contributed by atoms with Crippen molar-refractivity contribution in [1.82, 2.24) is 9.78 Å². The lowest BCUT2D eigenvalue weighted by Gasteiger charge is -2.20. The van der Waals surface area contributed by atoms with Crippen molar-refractivity contribution in [1.29, 1.82) is 0 Å². The monoisotopic (exact) mass is 226 g/mol. The van der Waals surface area contributed by atoms with Crippen molar-refractivity contribution in [3.63, 3.8) is 0 Å². The highest BCUT2D eigenvalue weighted by molar-refractivity contribution is 5.87. The highest BCUT2D eigenvalue weighted by atomic mass is 16.5. The van der Waals surface area contributed by atoms with Gasteiger partial charge in [-0.3, -0.25) is 4.68 Å². The fourth-order valence-corrected chi connectivity index (χ4v) is 1.42. The molecule has 0 aliphatic rings. The van der Waals surface area contributed by atoms with Gasteiger partial charge in [0.2, 0.25) is 0 Å². The van der Waals surface area contributed by atoms with Crippen molar-refractivity contribution in [2.75, 3.05) is 13.7 Å². The number of carbonyl (C=O) groups excluding carboxylic acids is 1. The third-order valence-electron chi connectivity index (χ3n) is 2.46. The molecule has 1 N–H and O–H groups in total. The number of methoxy groups -OCH3 is 1. The van der Waals surface area contributed by atoms with E-state index in [9.17, 15) is 9.90 Å². The fraction of sp³-hybridized carbons (Fsp3) is 0.636. The molecule has 0 aromatic carbocycles. The largest absolute Gasteiger partial charge is 0.464 e. The van der Waals surface area contributed by atoms with Crippen LogP contribution in [0, 0.1) is 5.41 Å². The number of nitrogens with zero attached hydrogens (tertiary/aromatic N) is 2. The molecule has 0 saturated heterocycles. The van der Waals surface area contributed by atoms with Gasteiger partial charge >= 0.3 is 5.97 Å². The first-order chi connectivity index (χ1) is 7.39. The van der Waals surface area contributed by atoms with Gasteiger partial charge in [0.05, 0.1) is 7.11 Å². The average molecular weight is 226 g/mol. The molecular formula is C11H18N2O3. The van der Waals surface area contributed by atoms with E-state index in [1.165, 1.54) is 7.11 Å². The smallest absolute Gasteiger partial charge is 0.358 e. The van der Waals surface area contributed by atoms with E-state index < -0.39 is 5.97 Å².